The molecule has 2 aromatic rings. The van der Waals surface area contributed by atoms with Crippen LogP contribution in [0.2, 0.25) is 10.0 Å². The molecule has 0 atom stereocenters. The second-order valence-electron chi connectivity index (χ2n) is 3.42. The fourth-order valence-electron chi connectivity index (χ4n) is 1.30. The molecule has 0 fully saturated rings. The van der Waals surface area contributed by atoms with Crippen molar-refractivity contribution < 1.29 is 0 Å². The van der Waals surface area contributed by atoms with Crippen molar-refractivity contribution in [2.45, 2.75) is 0 Å². The number of aromatic nitrogens is 1. The van der Waals surface area contributed by atoms with Crippen molar-refractivity contribution in [1.29, 1.82) is 0 Å². The lowest BCUT2D eigenvalue weighted by Crippen LogP contribution is -2.19. The van der Waals surface area contributed by atoms with Crippen LogP contribution in [0.3, 0.4) is 0 Å². The number of nitrogens with zero attached hydrogens (tertiary/aromatic N) is 1. The first-order chi connectivity index (χ1) is 8.65. The fourth-order valence-corrected chi connectivity index (χ4v) is 1.97. The maximum Gasteiger partial charge on any atom is 0.176 e. The summed E-state index contributed by atoms with van der Waals surface area (Å²) < 4.78 is 0. The number of hydrogen-bond donors (Lipinski definition) is 2. The Kier molecular flexibility index (Phi) is 4.36. The molecule has 1 aromatic heterocycles. The third-order valence-corrected chi connectivity index (χ3v) is 2.84. The number of hydrogen-bond acceptors (Lipinski definition) is 2. The van der Waals surface area contributed by atoms with Crippen molar-refractivity contribution >= 4 is 52.0 Å². The summed E-state index contributed by atoms with van der Waals surface area (Å²) in [5.41, 5.74) is 0.689. The van der Waals surface area contributed by atoms with Crippen LogP contribution in [0.1, 0.15) is 0 Å². The number of rotatable bonds is 2. The average Bonchev–Trinajstić information content (AvgIpc) is 2.34. The van der Waals surface area contributed by atoms with E-state index in [1.807, 2.05) is 18.2 Å². The molecule has 0 bridgehead atoms. The van der Waals surface area contributed by atoms with E-state index >= 15 is 0 Å². The minimum Gasteiger partial charge on any atom is -0.331 e. The highest BCUT2D eigenvalue weighted by molar-refractivity contribution is 7.80. The fraction of sp³-hybridized carbons (Fsp3) is 0. The molecule has 0 saturated heterocycles. The molecule has 0 spiro atoms. The van der Waals surface area contributed by atoms with Crippen LogP contribution in [0.5, 0.6) is 0 Å². The van der Waals surface area contributed by atoms with Gasteiger partial charge in [0.15, 0.2) is 5.11 Å². The van der Waals surface area contributed by atoms with Crippen LogP contribution in [-0.2, 0) is 0 Å². The second kappa shape index (κ2) is 6.00. The summed E-state index contributed by atoms with van der Waals surface area (Å²) in [5.74, 6) is 0.667. The van der Waals surface area contributed by atoms with Gasteiger partial charge in [0.2, 0.25) is 0 Å². The Labute approximate surface area is 120 Å². The molecule has 3 nitrogen and oxygen atoms in total. The van der Waals surface area contributed by atoms with Crippen molar-refractivity contribution in [3.8, 4) is 0 Å². The van der Waals surface area contributed by atoms with Gasteiger partial charge in [-0.2, -0.15) is 0 Å². The smallest absolute Gasteiger partial charge is 0.176 e. The van der Waals surface area contributed by atoms with Crippen molar-refractivity contribution in [2.24, 2.45) is 0 Å². The lowest BCUT2D eigenvalue weighted by molar-refractivity contribution is 1.32. The van der Waals surface area contributed by atoms with Gasteiger partial charge in [-0.3, -0.25) is 0 Å². The number of benzene rings is 1. The topological polar surface area (TPSA) is 37.0 Å². The molecule has 0 radical (unpaired) electrons. The maximum atomic E-state index is 6.03. The Hall–Kier alpha value is -1.36. The van der Waals surface area contributed by atoms with E-state index in [2.05, 4.69) is 15.6 Å². The zero-order valence-electron chi connectivity index (χ0n) is 9.15. The molecule has 0 unspecified atom stereocenters. The van der Waals surface area contributed by atoms with E-state index in [9.17, 15) is 0 Å². The second-order valence-corrected chi connectivity index (χ2v) is 4.67. The van der Waals surface area contributed by atoms with Gasteiger partial charge in [-0.15, -0.1) is 0 Å². The van der Waals surface area contributed by atoms with Gasteiger partial charge in [-0.1, -0.05) is 29.3 Å². The van der Waals surface area contributed by atoms with Gasteiger partial charge in [0, 0.05) is 11.2 Å². The molecular formula is C12H9Cl2N3S. The minimum atomic E-state index is 0.415. The van der Waals surface area contributed by atoms with Crippen LogP contribution in [0.25, 0.3) is 0 Å². The van der Waals surface area contributed by atoms with Gasteiger partial charge >= 0.3 is 0 Å². The molecule has 0 aliphatic heterocycles. The number of pyridine rings is 1. The number of halogens is 2. The summed E-state index contributed by atoms with van der Waals surface area (Å²) in [6.07, 6.45) is 1.68. The highest BCUT2D eigenvalue weighted by Crippen LogP contribution is 2.25. The van der Waals surface area contributed by atoms with E-state index in [4.69, 9.17) is 35.4 Å². The Morgan fingerprint density at radius 1 is 1.11 bits per heavy atom. The third-order valence-electron chi connectivity index (χ3n) is 2.09. The predicted octanol–water partition coefficient (Wildman–Crippen LogP) is 4.20. The van der Waals surface area contributed by atoms with E-state index in [0.29, 0.717) is 26.7 Å². The average molecular weight is 298 g/mol. The molecule has 18 heavy (non-hydrogen) atoms. The first kappa shape index (κ1) is 13.1. The van der Waals surface area contributed by atoms with Crippen molar-refractivity contribution in [3.63, 3.8) is 0 Å². The van der Waals surface area contributed by atoms with Crippen LogP contribution in [0.15, 0.2) is 42.6 Å². The van der Waals surface area contributed by atoms with Crippen LogP contribution in [0.4, 0.5) is 11.5 Å². The molecule has 6 heteroatoms. The zero-order chi connectivity index (χ0) is 13.0. The molecule has 92 valence electrons. The normalized spacial score (nSPS) is 9.89. The van der Waals surface area contributed by atoms with Gasteiger partial charge < -0.3 is 10.6 Å². The molecule has 2 rings (SSSR count). The summed E-state index contributed by atoms with van der Waals surface area (Å²) in [5, 5.41) is 7.43. The van der Waals surface area contributed by atoms with E-state index < -0.39 is 0 Å². The molecule has 0 amide bonds. The predicted molar refractivity (Wildman–Crippen MR) is 80.5 cm³/mol. The minimum absolute atomic E-state index is 0.415. The Balaban J connectivity index is 2.03. The Morgan fingerprint density at radius 3 is 2.61 bits per heavy atom. The van der Waals surface area contributed by atoms with Gasteiger partial charge in [-0.05, 0) is 42.5 Å². The highest BCUT2D eigenvalue weighted by Gasteiger charge is 2.03. The van der Waals surface area contributed by atoms with Crippen LogP contribution in [-0.4, -0.2) is 10.1 Å². The van der Waals surface area contributed by atoms with Gasteiger partial charge in [0.25, 0.3) is 0 Å². The number of nitrogens with one attached hydrogen (secondary N) is 2. The third kappa shape index (κ3) is 3.57. The van der Waals surface area contributed by atoms with Crippen molar-refractivity contribution in [2.75, 3.05) is 10.6 Å². The molecule has 1 aromatic carbocycles. The van der Waals surface area contributed by atoms with E-state index in [1.54, 1.807) is 24.4 Å². The molecule has 0 aliphatic carbocycles. The van der Waals surface area contributed by atoms with Crippen molar-refractivity contribution in [1.82, 2.24) is 4.98 Å². The molecular weight excluding hydrogens is 289 g/mol. The lowest BCUT2D eigenvalue weighted by Gasteiger charge is -2.11. The summed E-state index contributed by atoms with van der Waals surface area (Å²) in [6, 6.07) is 10.7. The zero-order valence-corrected chi connectivity index (χ0v) is 11.5. The quantitative estimate of drug-likeness (QED) is 0.815. The number of thiocarbonyl (C=S) groups is 1. The first-order valence-electron chi connectivity index (χ1n) is 5.09. The standard InChI is InChI=1S/C12H9Cl2N3S/c13-8-4-5-10(9(14)7-8)16-12(18)17-11-3-1-2-6-15-11/h1-7H,(H2,15,16,17,18). The summed E-state index contributed by atoms with van der Waals surface area (Å²) in [7, 11) is 0. The van der Waals surface area contributed by atoms with Crippen molar-refractivity contribution in [3.05, 3.63) is 52.6 Å². The molecule has 0 aliphatic rings. The van der Waals surface area contributed by atoms with E-state index in [-0.39, 0.29) is 0 Å². The summed E-state index contributed by atoms with van der Waals surface area (Å²) >= 11 is 17.0. The van der Waals surface area contributed by atoms with Crippen LogP contribution >= 0.6 is 35.4 Å². The molecule has 2 N–H and O–H groups in total. The highest BCUT2D eigenvalue weighted by atomic mass is 35.5. The van der Waals surface area contributed by atoms with Gasteiger partial charge in [0.1, 0.15) is 5.82 Å². The Bertz CT molecular complexity index is 561. The largest absolute Gasteiger partial charge is 0.331 e. The monoisotopic (exact) mass is 297 g/mol. The van der Waals surface area contributed by atoms with E-state index in [0.717, 1.165) is 0 Å². The SMILES string of the molecule is S=C(Nc1ccccn1)Nc1ccc(Cl)cc1Cl. The van der Waals surface area contributed by atoms with E-state index in [1.165, 1.54) is 0 Å². The lowest BCUT2D eigenvalue weighted by atomic mass is 10.3. The first-order valence-corrected chi connectivity index (χ1v) is 6.25. The Morgan fingerprint density at radius 2 is 1.94 bits per heavy atom. The summed E-state index contributed by atoms with van der Waals surface area (Å²) in [6.45, 7) is 0. The van der Waals surface area contributed by atoms with Crippen LogP contribution in [0, 0.1) is 0 Å². The molecule has 1 heterocycles. The summed E-state index contributed by atoms with van der Waals surface area (Å²) in [4.78, 5) is 4.10. The maximum absolute atomic E-state index is 6.03. The number of anilines is 2. The molecule has 0 saturated carbocycles. The van der Waals surface area contributed by atoms with Gasteiger partial charge in [-0.25, -0.2) is 4.98 Å². The van der Waals surface area contributed by atoms with Gasteiger partial charge in [0.05, 0.1) is 10.7 Å². The van der Waals surface area contributed by atoms with Crippen LogP contribution < -0.4 is 10.6 Å².